The van der Waals surface area contributed by atoms with Gasteiger partial charge >= 0.3 is 0 Å². The third-order valence-electron chi connectivity index (χ3n) is 4.02. The molecule has 28 heavy (non-hydrogen) atoms. The number of carbonyl (C=O) groups excluding carboxylic acids is 1. The van der Waals surface area contributed by atoms with Crippen LogP contribution in [-0.2, 0) is 24.3 Å². The quantitative estimate of drug-likeness (QED) is 0.305. The van der Waals surface area contributed by atoms with Crippen LogP contribution in [0.25, 0.3) is 0 Å². The van der Waals surface area contributed by atoms with Gasteiger partial charge in [0.15, 0.2) is 5.96 Å². The lowest BCUT2D eigenvalue weighted by Gasteiger charge is -2.20. The molecule has 0 saturated heterocycles. The maximum absolute atomic E-state index is 12.6. The number of halogens is 1. The molecule has 0 aliphatic rings. The Hall–Kier alpha value is -1.68. The van der Waals surface area contributed by atoms with Crippen molar-refractivity contribution in [2.24, 2.45) is 4.99 Å². The number of hydrogen-bond acceptors (Lipinski definition) is 4. The van der Waals surface area contributed by atoms with Crippen LogP contribution in [0, 0.1) is 0 Å². The van der Waals surface area contributed by atoms with Gasteiger partial charge in [0.1, 0.15) is 11.6 Å². The number of thiazole rings is 1. The molecule has 1 aromatic heterocycles. The van der Waals surface area contributed by atoms with Crippen molar-refractivity contribution in [2.45, 2.75) is 40.3 Å². The predicted octanol–water partition coefficient (Wildman–Crippen LogP) is 3.43. The predicted molar refractivity (Wildman–Crippen MR) is 127 cm³/mol. The average Bonchev–Trinajstić information content (AvgIpc) is 3.17. The van der Waals surface area contributed by atoms with Crippen LogP contribution >= 0.6 is 35.3 Å². The molecular formula is C20H30IN5OS. The van der Waals surface area contributed by atoms with E-state index in [2.05, 4.69) is 27.5 Å². The molecule has 1 heterocycles. The van der Waals surface area contributed by atoms with Gasteiger partial charge in [-0.05, 0) is 25.8 Å². The fraction of sp³-hybridized carbons (Fsp3) is 0.450. The zero-order chi connectivity index (χ0) is 19.5. The van der Waals surface area contributed by atoms with E-state index in [1.165, 1.54) is 4.88 Å². The van der Waals surface area contributed by atoms with Crippen LogP contribution in [0.3, 0.4) is 0 Å². The first-order chi connectivity index (χ1) is 13.2. The topological polar surface area (TPSA) is 69.6 Å². The van der Waals surface area contributed by atoms with Crippen LogP contribution in [0.4, 0.5) is 0 Å². The molecule has 6 nitrogen and oxygen atoms in total. The normalized spacial score (nSPS) is 10.9. The number of amides is 1. The number of likely N-dealkylation sites (N-methyl/N-ethyl adjacent to an activating group) is 1. The van der Waals surface area contributed by atoms with Gasteiger partial charge < -0.3 is 15.5 Å². The van der Waals surface area contributed by atoms with E-state index in [0.29, 0.717) is 25.6 Å². The summed E-state index contributed by atoms with van der Waals surface area (Å²) in [6.45, 7) is 8.84. The Bertz CT molecular complexity index is 735. The van der Waals surface area contributed by atoms with E-state index in [-0.39, 0.29) is 36.4 Å². The molecule has 0 radical (unpaired) electrons. The zero-order valence-corrected chi connectivity index (χ0v) is 19.9. The molecule has 2 aromatic rings. The Balaban J connectivity index is 0.00000392. The maximum Gasteiger partial charge on any atom is 0.244 e. The van der Waals surface area contributed by atoms with E-state index in [9.17, 15) is 4.79 Å². The lowest BCUT2D eigenvalue weighted by atomic mass is 10.2. The molecule has 0 bridgehead atoms. The number of nitrogens with zero attached hydrogens (tertiary/aromatic N) is 3. The zero-order valence-electron chi connectivity index (χ0n) is 16.8. The number of aliphatic imine (C=N–C) groups is 1. The molecule has 0 atom stereocenters. The van der Waals surface area contributed by atoms with Gasteiger partial charge in [-0.1, -0.05) is 37.3 Å². The van der Waals surface area contributed by atoms with Crippen molar-refractivity contribution in [1.29, 1.82) is 0 Å². The van der Waals surface area contributed by atoms with Crippen LogP contribution in [0.15, 0.2) is 41.5 Å². The molecule has 0 unspecified atom stereocenters. The number of guanidine groups is 1. The van der Waals surface area contributed by atoms with Crippen LogP contribution < -0.4 is 10.6 Å². The van der Waals surface area contributed by atoms with Crippen molar-refractivity contribution >= 4 is 47.2 Å². The van der Waals surface area contributed by atoms with Gasteiger partial charge in [-0.15, -0.1) is 35.3 Å². The third-order valence-corrected chi connectivity index (χ3v) is 5.17. The summed E-state index contributed by atoms with van der Waals surface area (Å²) >= 11 is 1.70. The highest BCUT2D eigenvalue weighted by molar-refractivity contribution is 14.0. The summed E-state index contributed by atoms with van der Waals surface area (Å²) in [5.74, 6) is 0.649. The second kappa shape index (κ2) is 13.5. The van der Waals surface area contributed by atoms with E-state index in [0.717, 1.165) is 23.5 Å². The summed E-state index contributed by atoms with van der Waals surface area (Å²) in [4.78, 5) is 24.5. The molecule has 0 spiro atoms. The first kappa shape index (κ1) is 24.4. The number of hydrogen-bond donors (Lipinski definition) is 2. The van der Waals surface area contributed by atoms with E-state index in [4.69, 9.17) is 0 Å². The fourth-order valence-corrected chi connectivity index (χ4v) is 3.32. The van der Waals surface area contributed by atoms with Gasteiger partial charge in [-0.2, -0.15) is 0 Å². The third kappa shape index (κ3) is 8.14. The highest BCUT2D eigenvalue weighted by Crippen LogP contribution is 2.12. The van der Waals surface area contributed by atoms with E-state index >= 15 is 0 Å². The van der Waals surface area contributed by atoms with Gasteiger partial charge in [0.25, 0.3) is 0 Å². The largest absolute Gasteiger partial charge is 0.357 e. The molecule has 154 valence electrons. The van der Waals surface area contributed by atoms with Crippen LogP contribution in [0.5, 0.6) is 0 Å². The van der Waals surface area contributed by atoms with Crippen molar-refractivity contribution < 1.29 is 4.79 Å². The van der Waals surface area contributed by atoms with Crippen molar-refractivity contribution in [3.63, 3.8) is 0 Å². The lowest BCUT2D eigenvalue weighted by Crippen LogP contribution is -2.38. The van der Waals surface area contributed by atoms with Gasteiger partial charge in [0.2, 0.25) is 5.91 Å². The average molecular weight is 515 g/mol. The van der Waals surface area contributed by atoms with E-state index < -0.39 is 0 Å². The SMILES string of the molecule is CCNC(=NCC(=O)N(CC)Cc1ccccc1)NCc1ncc(CC)s1.I. The highest BCUT2D eigenvalue weighted by Gasteiger charge is 2.12. The number of benzene rings is 1. The van der Waals surface area contributed by atoms with Crippen molar-refractivity contribution in [3.8, 4) is 0 Å². The summed E-state index contributed by atoms with van der Waals surface area (Å²) in [7, 11) is 0. The van der Waals surface area contributed by atoms with Crippen LogP contribution in [0.1, 0.15) is 36.2 Å². The molecule has 8 heteroatoms. The molecule has 2 rings (SSSR count). The first-order valence-electron chi connectivity index (χ1n) is 9.43. The molecular weight excluding hydrogens is 485 g/mol. The van der Waals surface area contributed by atoms with Crippen molar-refractivity contribution in [1.82, 2.24) is 20.5 Å². The molecule has 0 aliphatic heterocycles. The fourth-order valence-electron chi connectivity index (χ4n) is 2.52. The number of nitrogens with one attached hydrogen (secondary N) is 2. The van der Waals surface area contributed by atoms with E-state index in [1.54, 1.807) is 11.3 Å². The summed E-state index contributed by atoms with van der Waals surface area (Å²) in [6.07, 6.45) is 2.91. The minimum Gasteiger partial charge on any atom is -0.357 e. The van der Waals surface area contributed by atoms with Crippen molar-refractivity contribution in [3.05, 3.63) is 52.0 Å². The Labute approximate surface area is 188 Å². The summed E-state index contributed by atoms with van der Waals surface area (Å²) in [6, 6.07) is 10.0. The second-order valence-electron chi connectivity index (χ2n) is 6.02. The Morgan fingerprint density at radius 3 is 2.54 bits per heavy atom. The minimum absolute atomic E-state index is 0. The minimum atomic E-state index is 0. The Morgan fingerprint density at radius 2 is 1.93 bits per heavy atom. The molecule has 0 fully saturated rings. The van der Waals surface area contributed by atoms with Crippen molar-refractivity contribution in [2.75, 3.05) is 19.6 Å². The number of aryl methyl sites for hydroxylation is 1. The van der Waals surface area contributed by atoms with E-state index in [1.807, 2.05) is 55.3 Å². The molecule has 1 amide bonds. The molecule has 0 saturated carbocycles. The van der Waals surface area contributed by atoms with Gasteiger partial charge in [0.05, 0.1) is 6.54 Å². The molecule has 2 N–H and O–H groups in total. The van der Waals surface area contributed by atoms with Crippen LogP contribution in [-0.4, -0.2) is 41.4 Å². The number of rotatable bonds is 9. The van der Waals surface area contributed by atoms with Gasteiger partial charge in [0, 0.05) is 30.7 Å². The standard InChI is InChI=1S/C20H29N5OS.HI/c1-4-17-12-22-18(27-17)13-23-20(21-5-2)24-14-19(26)25(6-3)15-16-10-8-7-9-11-16;/h7-12H,4-6,13-15H2,1-3H3,(H2,21,23,24);1H. The Morgan fingerprint density at radius 1 is 1.18 bits per heavy atom. The highest BCUT2D eigenvalue weighted by atomic mass is 127. The molecule has 0 aliphatic carbocycles. The first-order valence-corrected chi connectivity index (χ1v) is 10.2. The summed E-state index contributed by atoms with van der Waals surface area (Å²) in [5, 5.41) is 7.45. The second-order valence-corrected chi connectivity index (χ2v) is 7.22. The molecule has 1 aromatic carbocycles. The Kier molecular flexibility index (Phi) is 11.7. The summed E-state index contributed by atoms with van der Waals surface area (Å²) in [5.41, 5.74) is 1.12. The number of carbonyl (C=O) groups is 1. The monoisotopic (exact) mass is 515 g/mol. The van der Waals surface area contributed by atoms with Gasteiger partial charge in [-0.3, -0.25) is 4.79 Å². The smallest absolute Gasteiger partial charge is 0.244 e. The maximum atomic E-state index is 12.6. The number of aromatic nitrogens is 1. The lowest BCUT2D eigenvalue weighted by molar-refractivity contribution is -0.130. The summed E-state index contributed by atoms with van der Waals surface area (Å²) < 4.78 is 0. The van der Waals surface area contributed by atoms with Gasteiger partial charge in [-0.25, -0.2) is 9.98 Å². The van der Waals surface area contributed by atoms with Crippen LogP contribution in [0.2, 0.25) is 0 Å².